The van der Waals surface area contributed by atoms with Crippen molar-refractivity contribution >= 4 is 50.1 Å². The van der Waals surface area contributed by atoms with Crippen LogP contribution in [0.2, 0.25) is 25.7 Å². The second-order valence-corrected chi connectivity index (χ2v) is 23.2. The molecule has 2 heterocycles. The first-order chi connectivity index (χ1) is 21.4. The van der Waals surface area contributed by atoms with E-state index in [0.717, 1.165) is 23.4 Å². The van der Waals surface area contributed by atoms with Crippen LogP contribution in [0.1, 0.15) is 48.8 Å². The number of allylic oxidation sites excluding steroid dienone is 3. The minimum Gasteiger partial charge on any atom is -0.361 e. The summed E-state index contributed by atoms with van der Waals surface area (Å²) in [7, 11) is -9.10. The van der Waals surface area contributed by atoms with Gasteiger partial charge in [0.25, 0.3) is 0 Å². The second kappa shape index (κ2) is 12.2. The van der Waals surface area contributed by atoms with E-state index in [2.05, 4.69) is 30.4 Å². The molecule has 0 fully saturated rings. The highest BCUT2D eigenvalue weighted by Gasteiger charge is 2.40. The molecule has 10 nitrogen and oxygen atoms in total. The lowest BCUT2D eigenvalue weighted by atomic mass is 9.98. The number of imidazole rings is 1. The van der Waals surface area contributed by atoms with Gasteiger partial charge in [-0.05, 0) is 68.6 Å². The molecule has 0 radical (unpaired) electrons. The Morgan fingerprint density at radius 2 is 1.87 bits per heavy atom. The van der Waals surface area contributed by atoms with Gasteiger partial charge in [0.15, 0.2) is 0 Å². The SMILES string of the molecule is CC1=CC(C)(S(=O)(=O)n2ccc3c(C(NS(C)(=O)=O)c4nc5ccc(C#N)cc5n4COCC[Si](C)(C)C)ccc(C)c32)CC=C1. The predicted molar refractivity (Wildman–Crippen MR) is 185 cm³/mol. The predicted octanol–water partition coefficient (Wildman–Crippen LogP) is 5.96. The van der Waals surface area contributed by atoms with Crippen LogP contribution in [0.15, 0.2) is 66.4 Å². The minimum absolute atomic E-state index is 0.0924. The van der Waals surface area contributed by atoms with Crippen LogP contribution in [0.5, 0.6) is 0 Å². The highest BCUT2D eigenvalue weighted by Crippen LogP contribution is 2.38. The first-order valence-electron chi connectivity index (χ1n) is 15.1. The number of rotatable bonds is 11. The quantitative estimate of drug-likeness (QED) is 0.153. The summed E-state index contributed by atoms with van der Waals surface area (Å²) in [6, 6.07) is 12.6. The Morgan fingerprint density at radius 3 is 2.52 bits per heavy atom. The van der Waals surface area contributed by atoms with Crippen LogP contribution in [0, 0.1) is 18.3 Å². The summed E-state index contributed by atoms with van der Waals surface area (Å²) in [4.78, 5) is 4.87. The Kier molecular flexibility index (Phi) is 9.00. The molecule has 2 unspecified atom stereocenters. The number of sulfonamides is 1. The number of hydrogen-bond acceptors (Lipinski definition) is 7. The summed E-state index contributed by atoms with van der Waals surface area (Å²) in [5, 5.41) is 10.2. The first kappa shape index (κ1) is 33.8. The van der Waals surface area contributed by atoms with Gasteiger partial charge >= 0.3 is 0 Å². The van der Waals surface area contributed by atoms with Crippen LogP contribution >= 0.6 is 0 Å². The van der Waals surface area contributed by atoms with Crippen molar-refractivity contribution in [2.75, 3.05) is 12.9 Å². The summed E-state index contributed by atoms with van der Waals surface area (Å²) in [5.74, 6) is 0.368. The highest BCUT2D eigenvalue weighted by atomic mass is 32.2. The van der Waals surface area contributed by atoms with E-state index in [1.807, 2.05) is 32.1 Å². The van der Waals surface area contributed by atoms with Crippen LogP contribution in [0.4, 0.5) is 0 Å². The smallest absolute Gasteiger partial charge is 0.248 e. The Hall–Kier alpha value is -3.54. The van der Waals surface area contributed by atoms with Crippen molar-refractivity contribution in [3.05, 3.63) is 88.9 Å². The van der Waals surface area contributed by atoms with Gasteiger partial charge in [0, 0.05) is 26.3 Å². The number of aromatic nitrogens is 3. The molecule has 0 amide bonds. The van der Waals surface area contributed by atoms with Crippen LogP contribution in [0.25, 0.3) is 21.9 Å². The molecule has 1 N–H and O–H groups in total. The molecule has 0 saturated heterocycles. The molecule has 5 rings (SSSR count). The topological polar surface area (TPSA) is 136 Å². The van der Waals surface area contributed by atoms with E-state index in [1.165, 1.54) is 3.97 Å². The average molecular weight is 680 g/mol. The lowest BCUT2D eigenvalue weighted by molar-refractivity contribution is 0.0873. The maximum absolute atomic E-state index is 14.2. The third-order valence-corrected chi connectivity index (χ3v) is 13.0. The lowest BCUT2D eigenvalue weighted by Gasteiger charge is -2.29. The standard InChI is InChI=1S/C33H41N5O5S2Si/c1-23-9-8-15-33(3,20-23)45(41,42)38-16-14-27-26(12-10-24(2)31(27)38)30(36-44(4,39)40)32-35-28-13-11-25(21-34)19-29(28)37(32)22-43-17-18-46(5,6)7/h8-14,16,19-20,30,36H,15,17-18,22H2,1-7H3. The molecule has 0 spiro atoms. The maximum atomic E-state index is 14.2. The maximum Gasteiger partial charge on any atom is 0.248 e. The summed E-state index contributed by atoms with van der Waals surface area (Å²) in [6.45, 7) is 12.8. The summed E-state index contributed by atoms with van der Waals surface area (Å²) >= 11 is 0. The van der Waals surface area contributed by atoms with Crippen LogP contribution < -0.4 is 4.72 Å². The number of hydrogen-bond donors (Lipinski definition) is 1. The Balaban J connectivity index is 1.71. The molecule has 46 heavy (non-hydrogen) atoms. The van der Waals surface area contributed by atoms with Gasteiger partial charge in [-0.15, -0.1) is 0 Å². The zero-order chi connectivity index (χ0) is 33.7. The fraction of sp³-hybridized carbons (Fsp3) is 0.394. The summed E-state index contributed by atoms with van der Waals surface area (Å²) in [5.41, 5.74) is 4.25. The van der Waals surface area contributed by atoms with Gasteiger partial charge in [-0.2, -0.15) is 5.26 Å². The number of fused-ring (bicyclic) bond motifs is 2. The summed E-state index contributed by atoms with van der Waals surface area (Å²) < 4.78 is 65.1. The molecule has 1 aliphatic rings. The molecule has 2 aromatic heterocycles. The number of nitriles is 1. The van der Waals surface area contributed by atoms with Crippen molar-refractivity contribution in [2.24, 2.45) is 0 Å². The molecule has 0 aliphatic heterocycles. The molecule has 4 aromatic rings. The van der Waals surface area contributed by atoms with Crippen LogP contribution in [0.3, 0.4) is 0 Å². The van der Waals surface area contributed by atoms with Gasteiger partial charge in [-0.25, -0.2) is 30.5 Å². The Labute approximate surface area is 272 Å². The van der Waals surface area contributed by atoms with Crippen molar-refractivity contribution in [2.45, 2.75) is 70.4 Å². The van der Waals surface area contributed by atoms with Gasteiger partial charge < -0.3 is 9.30 Å². The van der Waals surface area contributed by atoms with Gasteiger partial charge in [0.2, 0.25) is 20.0 Å². The highest BCUT2D eigenvalue weighted by molar-refractivity contribution is 7.91. The van der Waals surface area contributed by atoms with Crippen molar-refractivity contribution in [1.82, 2.24) is 18.2 Å². The van der Waals surface area contributed by atoms with Gasteiger partial charge in [0.1, 0.15) is 23.3 Å². The van der Waals surface area contributed by atoms with E-state index in [9.17, 15) is 22.1 Å². The Morgan fingerprint density at radius 1 is 1.13 bits per heavy atom. The normalized spacial score (nSPS) is 18.2. The van der Waals surface area contributed by atoms with Crippen molar-refractivity contribution in [3.63, 3.8) is 0 Å². The molecule has 13 heteroatoms. The molecule has 0 saturated carbocycles. The average Bonchev–Trinajstić information content (AvgIpc) is 3.56. The number of aryl methyl sites for hydroxylation is 1. The third-order valence-electron chi connectivity index (χ3n) is 8.36. The monoisotopic (exact) mass is 679 g/mol. The second-order valence-electron chi connectivity index (χ2n) is 13.5. The van der Waals surface area contributed by atoms with E-state index in [-0.39, 0.29) is 6.73 Å². The van der Waals surface area contributed by atoms with Crippen molar-refractivity contribution in [1.29, 1.82) is 5.26 Å². The van der Waals surface area contributed by atoms with E-state index in [0.29, 0.717) is 51.9 Å². The van der Waals surface area contributed by atoms with Crippen molar-refractivity contribution in [3.8, 4) is 6.07 Å². The number of ether oxygens (including phenoxy) is 1. The largest absolute Gasteiger partial charge is 0.361 e. The van der Waals surface area contributed by atoms with Crippen LogP contribution in [-0.4, -0.2) is 56.0 Å². The molecule has 2 aromatic carbocycles. The lowest BCUT2D eigenvalue weighted by Crippen LogP contribution is -2.38. The van der Waals surface area contributed by atoms with E-state index < -0.39 is 38.9 Å². The zero-order valence-electron chi connectivity index (χ0n) is 27.3. The number of benzene rings is 2. The van der Waals surface area contributed by atoms with Gasteiger partial charge in [0.05, 0.1) is 34.4 Å². The van der Waals surface area contributed by atoms with Gasteiger partial charge in [-0.3, -0.25) is 0 Å². The van der Waals surface area contributed by atoms with Crippen molar-refractivity contribution < 1.29 is 21.6 Å². The van der Waals surface area contributed by atoms with Crippen LogP contribution in [-0.2, 0) is 31.5 Å². The molecule has 2 atom stereocenters. The van der Waals surface area contributed by atoms with Gasteiger partial charge in [-0.1, -0.05) is 55.6 Å². The molecule has 244 valence electrons. The Bertz CT molecular complexity index is 2150. The molecular formula is C33H41N5O5S2Si. The first-order valence-corrected chi connectivity index (χ1v) is 22.1. The van der Waals surface area contributed by atoms with E-state index >= 15 is 0 Å². The minimum atomic E-state index is -3.92. The molecule has 0 bridgehead atoms. The van der Waals surface area contributed by atoms with E-state index in [4.69, 9.17) is 9.72 Å². The third kappa shape index (κ3) is 6.63. The number of nitrogens with zero attached hydrogens (tertiary/aromatic N) is 4. The zero-order valence-corrected chi connectivity index (χ0v) is 30.0. The summed E-state index contributed by atoms with van der Waals surface area (Å²) in [6.07, 6.45) is 8.52. The molecular weight excluding hydrogens is 639 g/mol. The number of nitrogens with one attached hydrogen (secondary N) is 1. The molecule has 1 aliphatic carbocycles. The fourth-order valence-electron chi connectivity index (χ4n) is 5.91. The fourth-order valence-corrected chi connectivity index (χ4v) is 9.12. The van der Waals surface area contributed by atoms with E-state index in [1.54, 1.807) is 54.1 Å².